The SMILES string of the molecule is CC1CCCCCN1C(=O)c1ccc(N)cc1Cl.Cl. The Morgan fingerprint density at radius 1 is 1.37 bits per heavy atom. The molecule has 1 aromatic rings. The Kier molecular flexibility index (Phi) is 5.95. The third-order valence-corrected chi connectivity index (χ3v) is 3.85. The van der Waals surface area contributed by atoms with Crippen LogP contribution < -0.4 is 5.73 Å². The topological polar surface area (TPSA) is 46.3 Å². The van der Waals surface area contributed by atoms with Gasteiger partial charge in [0.25, 0.3) is 5.91 Å². The molecule has 19 heavy (non-hydrogen) atoms. The van der Waals surface area contributed by atoms with Crippen LogP contribution in [0, 0.1) is 0 Å². The first-order valence-corrected chi connectivity index (χ1v) is 6.83. The van der Waals surface area contributed by atoms with Crippen molar-refractivity contribution >= 4 is 35.6 Å². The van der Waals surface area contributed by atoms with Crippen LogP contribution in [0.15, 0.2) is 18.2 Å². The van der Waals surface area contributed by atoms with E-state index in [4.69, 9.17) is 17.3 Å². The Balaban J connectivity index is 0.00000180. The van der Waals surface area contributed by atoms with E-state index in [1.54, 1.807) is 18.2 Å². The molecule has 1 aliphatic rings. The van der Waals surface area contributed by atoms with E-state index in [0.717, 1.165) is 19.4 Å². The lowest BCUT2D eigenvalue weighted by molar-refractivity contribution is 0.0698. The molecule has 0 saturated carbocycles. The molecule has 3 nitrogen and oxygen atoms in total. The van der Waals surface area contributed by atoms with Crippen molar-refractivity contribution in [3.63, 3.8) is 0 Å². The maximum Gasteiger partial charge on any atom is 0.255 e. The number of carbonyl (C=O) groups excluding carboxylic acids is 1. The summed E-state index contributed by atoms with van der Waals surface area (Å²) >= 11 is 6.10. The van der Waals surface area contributed by atoms with Crippen molar-refractivity contribution in [1.82, 2.24) is 4.90 Å². The summed E-state index contributed by atoms with van der Waals surface area (Å²) in [6, 6.07) is 5.37. The molecule has 1 saturated heterocycles. The maximum absolute atomic E-state index is 12.5. The van der Waals surface area contributed by atoms with Crippen LogP contribution in [0.3, 0.4) is 0 Å². The number of anilines is 1. The second-order valence-corrected chi connectivity index (χ2v) is 5.34. The molecule has 1 aromatic carbocycles. The normalized spacial score (nSPS) is 19.5. The molecule has 0 spiro atoms. The number of benzene rings is 1. The Morgan fingerprint density at radius 3 is 2.79 bits per heavy atom. The van der Waals surface area contributed by atoms with Crippen molar-refractivity contribution in [2.75, 3.05) is 12.3 Å². The van der Waals surface area contributed by atoms with Crippen LogP contribution in [0.25, 0.3) is 0 Å². The number of nitrogens with two attached hydrogens (primary N) is 1. The summed E-state index contributed by atoms with van der Waals surface area (Å²) in [6.07, 6.45) is 4.53. The number of halogens is 2. The highest BCUT2D eigenvalue weighted by Gasteiger charge is 2.24. The molecular formula is C14H20Cl2N2O. The van der Waals surface area contributed by atoms with Crippen molar-refractivity contribution in [1.29, 1.82) is 0 Å². The lowest BCUT2D eigenvalue weighted by Crippen LogP contribution is -2.38. The molecule has 1 fully saturated rings. The zero-order chi connectivity index (χ0) is 13.1. The van der Waals surface area contributed by atoms with Gasteiger partial charge >= 0.3 is 0 Å². The van der Waals surface area contributed by atoms with E-state index in [-0.39, 0.29) is 24.4 Å². The van der Waals surface area contributed by atoms with E-state index in [0.29, 0.717) is 16.3 Å². The second kappa shape index (κ2) is 7.01. The van der Waals surface area contributed by atoms with Gasteiger partial charge < -0.3 is 10.6 Å². The largest absolute Gasteiger partial charge is 0.399 e. The van der Waals surface area contributed by atoms with Crippen LogP contribution in [0.5, 0.6) is 0 Å². The lowest BCUT2D eigenvalue weighted by Gasteiger charge is -2.27. The summed E-state index contributed by atoms with van der Waals surface area (Å²) in [6.45, 7) is 2.93. The molecule has 106 valence electrons. The average Bonchev–Trinajstić information content (AvgIpc) is 2.53. The Bertz CT molecular complexity index is 451. The van der Waals surface area contributed by atoms with Gasteiger partial charge in [0.05, 0.1) is 10.6 Å². The highest BCUT2D eigenvalue weighted by Crippen LogP contribution is 2.24. The highest BCUT2D eigenvalue weighted by molar-refractivity contribution is 6.34. The average molecular weight is 303 g/mol. The number of hydrogen-bond donors (Lipinski definition) is 1. The molecule has 1 atom stereocenters. The molecule has 1 amide bonds. The van der Waals surface area contributed by atoms with Gasteiger partial charge in [0.15, 0.2) is 0 Å². The number of rotatable bonds is 1. The third kappa shape index (κ3) is 3.77. The van der Waals surface area contributed by atoms with Gasteiger partial charge in [-0.3, -0.25) is 4.79 Å². The monoisotopic (exact) mass is 302 g/mol. The number of carbonyl (C=O) groups is 1. The molecule has 0 bridgehead atoms. The van der Waals surface area contributed by atoms with Gasteiger partial charge in [-0.25, -0.2) is 0 Å². The lowest BCUT2D eigenvalue weighted by atomic mass is 10.1. The number of amides is 1. The quantitative estimate of drug-likeness (QED) is 0.803. The van der Waals surface area contributed by atoms with E-state index in [1.807, 2.05) is 4.90 Å². The zero-order valence-electron chi connectivity index (χ0n) is 11.1. The van der Waals surface area contributed by atoms with Gasteiger partial charge in [-0.2, -0.15) is 0 Å². The highest BCUT2D eigenvalue weighted by atomic mass is 35.5. The molecule has 0 aliphatic carbocycles. The summed E-state index contributed by atoms with van der Waals surface area (Å²) in [5.41, 5.74) is 6.79. The molecule has 0 radical (unpaired) electrons. The molecule has 1 unspecified atom stereocenters. The minimum Gasteiger partial charge on any atom is -0.399 e. The second-order valence-electron chi connectivity index (χ2n) is 4.94. The van der Waals surface area contributed by atoms with Crippen LogP contribution in [-0.2, 0) is 0 Å². The number of nitrogen functional groups attached to an aromatic ring is 1. The fourth-order valence-electron chi connectivity index (χ4n) is 2.44. The number of hydrogen-bond acceptors (Lipinski definition) is 2. The predicted molar refractivity (Wildman–Crippen MR) is 82.1 cm³/mol. The summed E-state index contributed by atoms with van der Waals surface area (Å²) in [7, 11) is 0. The Hall–Kier alpha value is -0.930. The van der Waals surface area contributed by atoms with Crippen molar-refractivity contribution in [2.24, 2.45) is 0 Å². The van der Waals surface area contributed by atoms with Gasteiger partial charge in [0.1, 0.15) is 0 Å². The first-order chi connectivity index (χ1) is 8.59. The van der Waals surface area contributed by atoms with Crippen molar-refractivity contribution in [3.8, 4) is 0 Å². The fraction of sp³-hybridized carbons (Fsp3) is 0.500. The smallest absolute Gasteiger partial charge is 0.255 e. The van der Waals surface area contributed by atoms with E-state index in [9.17, 15) is 4.79 Å². The van der Waals surface area contributed by atoms with E-state index < -0.39 is 0 Å². The van der Waals surface area contributed by atoms with Crippen molar-refractivity contribution < 1.29 is 4.79 Å². The van der Waals surface area contributed by atoms with E-state index in [2.05, 4.69) is 6.92 Å². The van der Waals surface area contributed by atoms with Crippen LogP contribution in [0.4, 0.5) is 5.69 Å². The molecule has 5 heteroatoms. The molecule has 1 aliphatic heterocycles. The summed E-state index contributed by atoms with van der Waals surface area (Å²) in [5, 5.41) is 0.441. The molecule has 1 heterocycles. The minimum atomic E-state index is 0. The van der Waals surface area contributed by atoms with Crippen LogP contribution in [-0.4, -0.2) is 23.4 Å². The standard InChI is InChI=1S/C14H19ClN2O.ClH/c1-10-5-3-2-4-8-17(10)14(18)12-7-6-11(16)9-13(12)15;/h6-7,9-10H,2-5,8,16H2,1H3;1H. The zero-order valence-corrected chi connectivity index (χ0v) is 12.6. The molecular weight excluding hydrogens is 283 g/mol. The minimum absolute atomic E-state index is 0. The first kappa shape index (κ1) is 16.1. The van der Waals surface area contributed by atoms with Crippen LogP contribution in [0.2, 0.25) is 5.02 Å². The Morgan fingerprint density at radius 2 is 2.11 bits per heavy atom. The van der Waals surface area contributed by atoms with Gasteiger partial charge in [0.2, 0.25) is 0 Å². The fourth-order valence-corrected chi connectivity index (χ4v) is 2.71. The van der Waals surface area contributed by atoms with Crippen LogP contribution in [0.1, 0.15) is 43.0 Å². The number of nitrogens with zero attached hydrogens (tertiary/aromatic N) is 1. The molecule has 2 rings (SSSR count). The van der Waals surface area contributed by atoms with Crippen molar-refractivity contribution in [2.45, 2.75) is 38.6 Å². The predicted octanol–water partition coefficient (Wildman–Crippen LogP) is 3.75. The maximum atomic E-state index is 12.5. The molecule has 0 aromatic heterocycles. The van der Waals surface area contributed by atoms with E-state index in [1.165, 1.54) is 12.8 Å². The summed E-state index contributed by atoms with van der Waals surface area (Å²) in [4.78, 5) is 14.4. The summed E-state index contributed by atoms with van der Waals surface area (Å²) in [5.74, 6) is 0.0226. The van der Waals surface area contributed by atoms with Crippen molar-refractivity contribution in [3.05, 3.63) is 28.8 Å². The van der Waals surface area contributed by atoms with Gasteiger partial charge in [-0.15, -0.1) is 12.4 Å². The van der Waals surface area contributed by atoms with E-state index >= 15 is 0 Å². The molecule has 2 N–H and O–H groups in total. The third-order valence-electron chi connectivity index (χ3n) is 3.54. The first-order valence-electron chi connectivity index (χ1n) is 6.45. The Labute approximate surface area is 125 Å². The number of likely N-dealkylation sites (tertiary alicyclic amines) is 1. The van der Waals surface area contributed by atoms with Gasteiger partial charge in [-0.1, -0.05) is 24.4 Å². The van der Waals surface area contributed by atoms with Crippen LogP contribution >= 0.6 is 24.0 Å². The van der Waals surface area contributed by atoms with Gasteiger partial charge in [-0.05, 0) is 38.0 Å². The van der Waals surface area contributed by atoms with Gasteiger partial charge in [0, 0.05) is 18.3 Å². The summed E-state index contributed by atoms with van der Waals surface area (Å²) < 4.78 is 0.